The van der Waals surface area contributed by atoms with Crippen LogP contribution in [-0.4, -0.2) is 0 Å². The second-order valence-electron chi connectivity index (χ2n) is 9.14. The van der Waals surface area contributed by atoms with Gasteiger partial charge < -0.3 is 29.7 Å². The quantitative estimate of drug-likeness (QED) is 0.180. The predicted molar refractivity (Wildman–Crippen MR) is 134 cm³/mol. The molecule has 0 aliphatic heterocycles. The molecule has 3 rings (SSSR count). The SMILES string of the molecule is CC1C(C)C(C)C(C)C1C.CCCCCC1CCC2C=CC=CC21.[CH3-].[CH3-].[CH3-].[CH3-].[Hf+4]. The van der Waals surface area contributed by atoms with Gasteiger partial charge in [-0.1, -0.05) is 85.1 Å². The summed E-state index contributed by atoms with van der Waals surface area (Å²) in [6, 6.07) is 0. The Morgan fingerprint density at radius 1 is 0.655 bits per heavy atom. The fraction of sp³-hybridized carbons (Fsp3) is 0.714. The van der Waals surface area contributed by atoms with Gasteiger partial charge in [0.1, 0.15) is 0 Å². The van der Waals surface area contributed by atoms with Crippen LogP contribution in [0.5, 0.6) is 0 Å². The average molecular weight is 569 g/mol. The van der Waals surface area contributed by atoms with Crippen molar-refractivity contribution < 1.29 is 25.8 Å². The minimum atomic E-state index is 0. The van der Waals surface area contributed by atoms with Gasteiger partial charge in [0.05, 0.1) is 0 Å². The molecule has 0 aromatic heterocycles. The Bertz CT molecular complexity index is 379. The summed E-state index contributed by atoms with van der Waals surface area (Å²) >= 11 is 0. The van der Waals surface area contributed by atoms with Crippen LogP contribution in [-0.2, 0) is 25.8 Å². The van der Waals surface area contributed by atoms with Gasteiger partial charge in [0.25, 0.3) is 0 Å². The average Bonchev–Trinajstić information content (AvgIpc) is 3.08. The predicted octanol–water partition coefficient (Wildman–Crippen LogP) is 9.31. The van der Waals surface area contributed by atoms with Gasteiger partial charge in [0, 0.05) is 0 Å². The van der Waals surface area contributed by atoms with Crippen LogP contribution in [0, 0.1) is 77.0 Å². The zero-order valence-corrected chi connectivity index (χ0v) is 25.3. The van der Waals surface area contributed by atoms with Gasteiger partial charge in [-0.05, 0) is 66.6 Å². The van der Waals surface area contributed by atoms with Crippen molar-refractivity contribution in [3.63, 3.8) is 0 Å². The number of allylic oxidation sites excluding steroid dienone is 4. The van der Waals surface area contributed by atoms with Crippen LogP contribution < -0.4 is 0 Å². The molecule has 0 heterocycles. The number of fused-ring (bicyclic) bond motifs is 1. The van der Waals surface area contributed by atoms with E-state index in [0.29, 0.717) is 0 Å². The maximum atomic E-state index is 2.45. The Morgan fingerprint density at radius 3 is 1.55 bits per heavy atom. The maximum Gasteiger partial charge on any atom is 4.00 e. The molecule has 3 unspecified atom stereocenters. The van der Waals surface area contributed by atoms with E-state index in [1.165, 1.54) is 38.5 Å². The summed E-state index contributed by atoms with van der Waals surface area (Å²) < 4.78 is 0. The first kappa shape index (κ1) is 36.7. The first-order valence-electron chi connectivity index (χ1n) is 10.8. The Hall–Kier alpha value is 0.350. The number of unbranched alkanes of at least 4 members (excludes halogenated alkanes) is 2. The van der Waals surface area contributed by atoms with E-state index in [0.717, 1.165) is 47.3 Å². The summed E-state index contributed by atoms with van der Waals surface area (Å²) in [5.41, 5.74) is 0. The smallest absolute Gasteiger partial charge is 0.358 e. The van der Waals surface area contributed by atoms with Gasteiger partial charge in [-0.15, -0.1) is 0 Å². The zero-order chi connectivity index (χ0) is 17.7. The Labute approximate surface area is 206 Å². The van der Waals surface area contributed by atoms with E-state index in [4.69, 9.17) is 0 Å². The van der Waals surface area contributed by atoms with Crippen molar-refractivity contribution in [1.82, 2.24) is 0 Å². The van der Waals surface area contributed by atoms with E-state index in [-0.39, 0.29) is 55.5 Å². The van der Waals surface area contributed by atoms with E-state index in [1.807, 2.05) is 0 Å². The van der Waals surface area contributed by atoms with E-state index >= 15 is 0 Å². The Morgan fingerprint density at radius 2 is 1.10 bits per heavy atom. The van der Waals surface area contributed by atoms with Gasteiger partial charge in [-0.3, -0.25) is 0 Å². The summed E-state index contributed by atoms with van der Waals surface area (Å²) in [6.45, 7) is 14.3. The van der Waals surface area contributed by atoms with Crippen molar-refractivity contribution in [3.05, 3.63) is 54.0 Å². The fourth-order valence-electron chi connectivity index (χ4n) is 5.45. The van der Waals surface area contributed by atoms with Crippen LogP contribution in [0.3, 0.4) is 0 Å². The van der Waals surface area contributed by atoms with Gasteiger partial charge >= 0.3 is 25.8 Å². The number of rotatable bonds is 4. The molecule has 0 spiro atoms. The molecule has 3 aliphatic rings. The van der Waals surface area contributed by atoms with Gasteiger partial charge in [0.15, 0.2) is 0 Å². The molecule has 2 saturated carbocycles. The Kier molecular flexibility index (Phi) is 22.7. The van der Waals surface area contributed by atoms with Crippen molar-refractivity contribution in [2.24, 2.45) is 47.3 Å². The molecule has 0 saturated heterocycles. The molecule has 0 radical (unpaired) electrons. The minimum Gasteiger partial charge on any atom is -0.358 e. The van der Waals surface area contributed by atoms with Crippen molar-refractivity contribution in [1.29, 1.82) is 0 Å². The number of hydrogen-bond acceptors (Lipinski definition) is 0. The molecule has 0 bridgehead atoms. The summed E-state index contributed by atoms with van der Waals surface area (Å²) in [4.78, 5) is 0. The summed E-state index contributed by atoms with van der Waals surface area (Å²) in [7, 11) is 0. The zero-order valence-electron chi connectivity index (χ0n) is 21.7. The molecule has 170 valence electrons. The third kappa shape index (κ3) is 9.57. The maximum absolute atomic E-state index is 2.45. The van der Waals surface area contributed by atoms with Crippen LogP contribution in [0.25, 0.3) is 0 Å². The van der Waals surface area contributed by atoms with E-state index < -0.39 is 0 Å². The molecular formula is C28H54Hf. The van der Waals surface area contributed by atoms with Crippen molar-refractivity contribution in [2.75, 3.05) is 0 Å². The normalized spacial score (nSPS) is 35.9. The molecule has 3 atom stereocenters. The fourth-order valence-corrected chi connectivity index (χ4v) is 5.45. The van der Waals surface area contributed by atoms with Crippen molar-refractivity contribution in [2.45, 2.75) is 80.1 Å². The first-order valence-corrected chi connectivity index (χ1v) is 10.8. The second kappa shape index (κ2) is 18.0. The molecule has 0 N–H and O–H groups in total. The second-order valence-corrected chi connectivity index (χ2v) is 9.14. The van der Waals surface area contributed by atoms with Crippen LogP contribution in [0.1, 0.15) is 80.1 Å². The molecule has 2 fully saturated rings. The third-order valence-corrected chi connectivity index (χ3v) is 8.04. The largest absolute Gasteiger partial charge is 4.00 e. The van der Waals surface area contributed by atoms with E-state index in [2.05, 4.69) is 65.8 Å². The van der Waals surface area contributed by atoms with Gasteiger partial charge in [-0.2, -0.15) is 0 Å². The third-order valence-electron chi connectivity index (χ3n) is 8.04. The molecule has 0 aromatic carbocycles. The van der Waals surface area contributed by atoms with Crippen molar-refractivity contribution >= 4 is 0 Å². The summed E-state index contributed by atoms with van der Waals surface area (Å²) in [6.07, 6.45) is 17.9. The Balaban J connectivity index is -0.000000191. The standard InChI is InChI=1S/C14H22.C10H20.4CH3.Hf/c1-2-3-4-7-12-10-11-13-8-5-6-9-14(12)13;1-6-7(2)9(4)10(5)8(6)3;;;;;/h5-6,8-9,12-14H,2-4,7,10-11H2,1H3;6-10H,1-5H3;4*1H3;/q;;4*-1;+4. The molecule has 0 aromatic rings. The van der Waals surface area contributed by atoms with Crippen LogP contribution in [0.4, 0.5) is 0 Å². The van der Waals surface area contributed by atoms with Crippen LogP contribution in [0.15, 0.2) is 24.3 Å². The molecule has 3 aliphatic carbocycles. The molecule has 29 heavy (non-hydrogen) atoms. The molecule has 1 heteroatoms. The van der Waals surface area contributed by atoms with Crippen molar-refractivity contribution in [3.8, 4) is 0 Å². The number of hydrogen-bond donors (Lipinski definition) is 0. The molecule has 0 amide bonds. The molecule has 0 nitrogen and oxygen atoms in total. The first-order chi connectivity index (χ1) is 11.5. The summed E-state index contributed by atoms with van der Waals surface area (Å²) in [5.74, 6) is 7.44. The van der Waals surface area contributed by atoms with E-state index in [9.17, 15) is 0 Å². The summed E-state index contributed by atoms with van der Waals surface area (Å²) in [5, 5.41) is 0. The molecular weight excluding hydrogens is 515 g/mol. The van der Waals surface area contributed by atoms with Gasteiger partial charge in [0.2, 0.25) is 0 Å². The van der Waals surface area contributed by atoms with E-state index in [1.54, 1.807) is 0 Å². The monoisotopic (exact) mass is 570 g/mol. The minimum absolute atomic E-state index is 0. The van der Waals surface area contributed by atoms with Crippen LogP contribution >= 0.6 is 0 Å². The van der Waals surface area contributed by atoms with Gasteiger partial charge in [-0.25, -0.2) is 0 Å². The van der Waals surface area contributed by atoms with Crippen LogP contribution in [0.2, 0.25) is 0 Å². The topological polar surface area (TPSA) is 0 Å².